The van der Waals surface area contributed by atoms with E-state index >= 15 is 0 Å². The van der Waals surface area contributed by atoms with Crippen LogP contribution in [0.2, 0.25) is 5.02 Å². The molecule has 0 radical (unpaired) electrons. The minimum atomic E-state index is -1.05. The first-order valence-electron chi connectivity index (χ1n) is 9.33. The first-order valence-corrected chi connectivity index (χ1v) is 11.5. The summed E-state index contributed by atoms with van der Waals surface area (Å²) in [5, 5.41) is 0.402. The summed E-state index contributed by atoms with van der Waals surface area (Å²) in [4.78, 5) is 51.7. The van der Waals surface area contributed by atoms with Crippen LogP contribution in [0.3, 0.4) is 0 Å². The quantitative estimate of drug-likeness (QED) is 0.245. The first kappa shape index (κ1) is 21.0. The lowest BCUT2D eigenvalue weighted by molar-refractivity contribution is -0.155. The molecule has 1 aliphatic heterocycles. The lowest BCUT2D eigenvalue weighted by Crippen LogP contribution is -2.39. The zero-order valence-electron chi connectivity index (χ0n) is 15.4. The topological polar surface area (TPSA) is 80.8 Å². The number of esters is 1. The minimum Gasteiger partial charge on any atom is -0.453 e. The maximum Gasteiger partial charge on any atom is 0.326 e. The number of ether oxygens (including phenoxy) is 1. The molecule has 1 heterocycles. The van der Waals surface area contributed by atoms with Crippen molar-refractivity contribution in [3.8, 4) is 0 Å². The van der Waals surface area contributed by atoms with Gasteiger partial charge in [0.1, 0.15) is 6.54 Å². The second-order valence-corrected chi connectivity index (χ2v) is 10.3. The zero-order chi connectivity index (χ0) is 21.0. The van der Waals surface area contributed by atoms with E-state index in [2.05, 4.69) is 31.9 Å². The molecule has 3 fully saturated rings. The maximum absolute atomic E-state index is 12.8. The minimum absolute atomic E-state index is 0.0789. The van der Waals surface area contributed by atoms with Gasteiger partial charge < -0.3 is 4.74 Å². The highest BCUT2D eigenvalue weighted by atomic mass is 79.9. The first-order chi connectivity index (χ1) is 13.7. The third-order valence-electron chi connectivity index (χ3n) is 6.15. The van der Waals surface area contributed by atoms with Gasteiger partial charge in [-0.25, -0.2) is 0 Å². The Bertz CT molecular complexity index is 877. The molecule has 0 aromatic heterocycles. The van der Waals surface area contributed by atoms with E-state index in [1.807, 2.05) is 0 Å². The summed E-state index contributed by atoms with van der Waals surface area (Å²) in [6.45, 7) is 0.978. The van der Waals surface area contributed by atoms with E-state index in [9.17, 15) is 19.2 Å². The largest absolute Gasteiger partial charge is 0.453 e. The Labute approximate surface area is 189 Å². The summed E-state index contributed by atoms with van der Waals surface area (Å²) in [5.74, 6) is -2.44. The van der Waals surface area contributed by atoms with E-state index in [4.69, 9.17) is 16.3 Å². The number of alkyl halides is 2. The molecule has 2 amide bonds. The van der Waals surface area contributed by atoms with Crippen molar-refractivity contribution >= 4 is 67.0 Å². The summed E-state index contributed by atoms with van der Waals surface area (Å²) in [5.41, 5.74) is 0.323. The number of imide groups is 1. The standard InChI is InChI=1S/C20H18Br2ClNO5/c1-8(18(26)9-3-2-4-10(23)5-9)29-13(25)7-24-19(27)14-11-6-12(15(14)20(24)28)17(22)16(11)21/h2-5,8,11-12,14-17H,6-7H2,1H3/t8-,11+,12+,14+,15+,16-,17-/m0/s1. The fourth-order valence-electron chi connectivity index (χ4n) is 4.86. The maximum atomic E-state index is 12.8. The summed E-state index contributed by atoms with van der Waals surface area (Å²) >= 11 is 13.1. The van der Waals surface area contributed by atoms with Gasteiger partial charge in [-0.2, -0.15) is 0 Å². The number of likely N-dealkylation sites (tertiary alicyclic amines) is 1. The summed E-state index contributed by atoms with van der Waals surface area (Å²) < 4.78 is 5.20. The van der Waals surface area contributed by atoms with E-state index in [-0.39, 0.29) is 45.1 Å². The molecule has 9 heteroatoms. The average molecular weight is 548 g/mol. The average Bonchev–Trinajstić information content (AvgIpc) is 3.28. The fraction of sp³-hybridized carbons (Fsp3) is 0.500. The number of nitrogens with zero attached hydrogens (tertiary/aromatic N) is 1. The molecule has 2 saturated carbocycles. The number of amides is 2. The van der Waals surface area contributed by atoms with E-state index < -0.39 is 24.4 Å². The highest BCUT2D eigenvalue weighted by molar-refractivity contribution is 9.12. The van der Waals surface area contributed by atoms with Crippen LogP contribution in [-0.2, 0) is 19.1 Å². The van der Waals surface area contributed by atoms with Crippen LogP contribution in [0.5, 0.6) is 0 Å². The van der Waals surface area contributed by atoms with Crippen LogP contribution in [-0.4, -0.2) is 50.8 Å². The van der Waals surface area contributed by atoms with Crippen molar-refractivity contribution in [2.45, 2.75) is 29.1 Å². The third kappa shape index (κ3) is 3.47. The molecule has 2 aliphatic carbocycles. The van der Waals surface area contributed by atoms with Gasteiger partial charge >= 0.3 is 5.97 Å². The van der Waals surface area contributed by atoms with Gasteiger partial charge in [0.05, 0.1) is 11.8 Å². The lowest BCUT2D eigenvalue weighted by atomic mass is 9.81. The molecule has 2 bridgehead atoms. The van der Waals surface area contributed by atoms with Crippen LogP contribution in [0.25, 0.3) is 0 Å². The molecule has 29 heavy (non-hydrogen) atoms. The normalized spacial score (nSPS) is 33.7. The Hall–Kier alpha value is -1.25. The zero-order valence-corrected chi connectivity index (χ0v) is 19.3. The lowest BCUT2D eigenvalue weighted by Gasteiger charge is -2.28. The molecule has 3 aliphatic rings. The number of carbonyl (C=O) groups excluding carboxylic acids is 4. The highest BCUT2D eigenvalue weighted by Gasteiger charge is 2.66. The monoisotopic (exact) mass is 545 g/mol. The summed E-state index contributed by atoms with van der Waals surface area (Å²) in [7, 11) is 0. The molecule has 6 nitrogen and oxygen atoms in total. The van der Waals surface area contributed by atoms with Crippen molar-refractivity contribution in [3.05, 3.63) is 34.9 Å². The number of halogens is 3. The van der Waals surface area contributed by atoms with Gasteiger partial charge in [0.15, 0.2) is 6.10 Å². The van der Waals surface area contributed by atoms with Crippen LogP contribution in [0.1, 0.15) is 23.7 Å². The highest BCUT2D eigenvalue weighted by Crippen LogP contribution is 2.60. The van der Waals surface area contributed by atoms with Crippen molar-refractivity contribution in [2.75, 3.05) is 6.54 Å². The molecule has 0 spiro atoms. The Morgan fingerprint density at radius 3 is 2.31 bits per heavy atom. The van der Waals surface area contributed by atoms with E-state index in [0.29, 0.717) is 10.6 Å². The number of fused-ring (bicyclic) bond motifs is 5. The van der Waals surface area contributed by atoms with Crippen LogP contribution in [0, 0.1) is 23.7 Å². The van der Waals surface area contributed by atoms with E-state index in [1.165, 1.54) is 13.0 Å². The number of rotatable bonds is 5. The molecule has 1 aromatic carbocycles. The summed E-state index contributed by atoms with van der Waals surface area (Å²) in [6, 6.07) is 6.34. The molecule has 1 saturated heterocycles. The van der Waals surface area contributed by atoms with Gasteiger partial charge in [-0.05, 0) is 37.3 Å². The Balaban J connectivity index is 1.41. The van der Waals surface area contributed by atoms with Crippen LogP contribution in [0.15, 0.2) is 24.3 Å². The van der Waals surface area contributed by atoms with E-state index in [0.717, 1.165) is 11.3 Å². The molecule has 0 unspecified atom stereocenters. The number of hydrogen-bond donors (Lipinski definition) is 0. The van der Waals surface area contributed by atoms with Gasteiger partial charge in [-0.15, -0.1) is 0 Å². The number of carbonyl (C=O) groups is 4. The van der Waals surface area contributed by atoms with Crippen molar-refractivity contribution in [2.24, 2.45) is 23.7 Å². The van der Waals surface area contributed by atoms with Gasteiger partial charge in [0.2, 0.25) is 17.6 Å². The van der Waals surface area contributed by atoms with Crippen molar-refractivity contribution in [1.29, 1.82) is 0 Å². The molecular weight excluding hydrogens is 529 g/mol. The van der Waals surface area contributed by atoms with E-state index in [1.54, 1.807) is 18.2 Å². The Morgan fingerprint density at radius 1 is 1.17 bits per heavy atom. The van der Waals surface area contributed by atoms with Gasteiger partial charge in [0.25, 0.3) is 0 Å². The van der Waals surface area contributed by atoms with Gasteiger partial charge in [-0.3, -0.25) is 24.1 Å². The molecule has 1 aromatic rings. The third-order valence-corrected chi connectivity index (χ3v) is 9.59. The predicted octanol–water partition coefficient (Wildman–Crippen LogP) is 3.23. The SMILES string of the molecule is C[C@H](OC(=O)CN1C(=O)[C@@H]2[C@H]3C[C@@H]([C@H](Br)[C@H]3Br)[C@H]2C1=O)C(=O)c1cccc(Cl)c1. The second-order valence-electron chi connectivity index (χ2n) is 7.77. The van der Waals surface area contributed by atoms with Crippen LogP contribution >= 0.6 is 43.5 Å². The van der Waals surface area contributed by atoms with Crippen molar-refractivity contribution < 1.29 is 23.9 Å². The van der Waals surface area contributed by atoms with Crippen molar-refractivity contribution in [3.63, 3.8) is 0 Å². The number of hydrogen-bond acceptors (Lipinski definition) is 5. The smallest absolute Gasteiger partial charge is 0.326 e. The predicted molar refractivity (Wildman–Crippen MR) is 112 cm³/mol. The van der Waals surface area contributed by atoms with Crippen LogP contribution in [0.4, 0.5) is 0 Å². The Kier molecular flexibility index (Phi) is 5.63. The Morgan fingerprint density at radius 2 is 1.76 bits per heavy atom. The number of benzene rings is 1. The van der Waals surface area contributed by atoms with Gasteiger partial charge in [0, 0.05) is 20.2 Å². The summed E-state index contributed by atoms with van der Waals surface area (Å²) in [6.07, 6.45) is -0.231. The number of ketones is 1. The molecule has 4 rings (SSSR count). The number of Topliss-reactive ketones (excluding diaryl/α,β-unsaturated/α-hetero) is 1. The molecule has 0 N–H and O–H groups in total. The van der Waals surface area contributed by atoms with Gasteiger partial charge in [-0.1, -0.05) is 55.6 Å². The molecular formula is C20H18Br2ClNO5. The van der Waals surface area contributed by atoms with Crippen molar-refractivity contribution in [1.82, 2.24) is 4.90 Å². The molecule has 154 valence electrons. The fourth-order valence-corrected chi connectivity index (χ4v) is 6.92. The molecule has 7 atom stereocenters. The second kappa shape index (κ2) is 7.78. The van der Waals surface area contributed by atoms with Crippen LogP contribution < -0.4 is 0 Å².